The van der Waals surface area contributed by atoms with Crippen LogP contribution in [0.4, 0.5) is 5.82 Å². The van der Waals surface area contributed by atoms with E-state index in [-0.39, 0.29) is 30.3 Å². The molecule has 0 spiro atoms. The van der Waals surface area contributed by atoms with Gasteiger partial charge in [-0.3, -0.25) is 9.59 Å². The smallest absolute Gasteiger partial charge is 0.310 e. The number of halogens is 1. The van der Waals surface area contributed by atoms with Crippen LogP contribution in [0.15, 0.2) is 16.7 Å². The zero-order chi connectivity index (χ0) is 15.3. The largest absolute Gasteiger partial charge is 0.463 e. The number of aromatic nitrogens is 1. The van der Waals surface area contributed by atoms with Crippen molar-refractivity contribution in [2.75, 3.05) is 12.3 Å². The summed E-state index contributed by atoms with van der Waals surface area (Å²) in [5, 5.41) is 2.66. The van der Waals surface area contributed by atoms with Crippen LogP contribution in [0.3, 0.4) is 0 Å². The van der Waals surface area contributed by atoms with Crippen LogP contribution in [0.2, 0.25) is 0 Å². The minimum Gasteiger partial charge on any atom is -0.463 e. The Morgan fingerprint density at radius 3 is 2.60 bits per heavy atom. The van der Waals surface area contributed by atoms with Crippen LogP contribution >= 0.6 is 15.9 Å². The SMILES string of the molecule is CC(C)OC(=O)C(C)CNC(=O)c1cc(N)nc(Br)c1. The average molecular weight is 344 g/mol. The maximum absolute atomic E-state index is 11.9. The first-order valence-corrected chi connectivity index (χ1v) is 7.00. The van der Waals surface area contributed by atoms with E-state index in [1.165, 1.54) is 6.07 Å². The summed E-state index contributed by atoms with van der Waals surface area (Å²) in [6, 6.07) is 3.03. The molecule has 7 heteroatoms. The number of anilines is 1. The number of nitrogens with one attached hydrogen (secondary N) is 1. The molecular formula is C13H18BrN3O3. The highest BCUT2D eigenvalue weighted by Crippen LogP contribution is 2.13. The van der Waals surface area contributed by atoms with Gasteiger partial charge in [-0.1, -0.05) is 6.92 Å². The van der Waals surface area contributed by atoms with Crippen LogP contribution in [0.25, 0.3) is 0 Å². The van der Waals surface area contributed by atoms with Crippen LogP contribution in [0, 0.1) is 5.92 Å². The van der Waals surface area contributed by atoms with Gasteiger partial charge in [-0.25, -0.2) is 4.98 Å². The van der Waals surface area contributed by atoms with Crippen LogP contribution in [-0.2, 0) is 9.53 Å². The molecule has 1 heterocycles. The van der Waals surface area contributed by atoms with Gasteiger partial charge >= 0.3 is 5.97 Å². The van der Waals surface area contributed by atoms with Gasteiger partial charge in [0.05, 0.1) is 12.0 Å². The highest BCUT2D eigenvalue weighted by Gasteiger charge is 2.17. The van der Waals surface area contributed by atoms with E-state index < -0.39 is 5.92 Å². The van der Waals surface area contributed by atoms with Crippen molar-refractivity contribution in [3.8, 4) is 0 Å². The van der Waals surface area contributed by atoms with Crippen LogP contribution in [0.1, 0.15) is 31.1 Å². The molecule has 0 aliphatic rings. The molecule has 1 rings (SSSR count). The third-order valence-electron chi connectivity index (χ3n) is 2.40. The number of hydrogen-bond acceptors (Lipinski definition) is 5. The van der Waals surface area contributed by atoms with Gasteiger partial charge in [-0.15, -0.1) is 0 Å². The van der Waals surface area contributed by atoms with E-state index in [9.17, 15) is 9.59 Å². The summed E-state index contributed by atoms with van der Waals surface area (Å²) in [5.74, 6) is -0.819. The molecule has 0 saturated heterocycles. The molecule has 0 aliphatic carbocycles. The summed E-state index contributed by atoms with van der Waals surface area (Å²) in [5.41, 5.74) is 5.94. The molecule has 6 nitrogen and oxygen atoms in total. The molecule has 0 radical (unpaired) electrons. The number of esters is 1. The number of nitrogens with zero attached hydrogens (tertiary/aromatic N) is 1. The predicted octanol–water partition coefficient (Wildman–Crippen LogP) is 1.74. The fraction of sp³-hybridized carbons (Fsp3) is 0.462. The Kier molecular flexibility index (Phi) is 5.94. The van der Waals surface area contributed by atoms with E-state index in [0.717, 1.165) is 0 Å². The van der Waals surface area contributed by atoms with E-state index in [4.69, 9.17) is 10.5 Å². The number of carbonyl (C=O) groups is 2. The highest BCUT2D eigenvalue weighted by atomic mass is 79.9. The Morgan fingerprint density at radius 1 is 1.40 bits per heavy atom. The van der Waals surface area contributed by atoms with E-state index in [0.29, 0.717) is 10.2 Å². The van der Waals surface area contributed by atoms with Gasteiger partial charge < -0.3 is 15.8 Å². The molecule has 0 saturated carbocycles. The second-order valence-electron chi connectivity index (χ2n) is 4.70. The molecule has 1 unspecified atom stereocenters. The number of pyridine rings is 1. The third kappa shape index (κ3) is 5.16. The topological polar surface area (TPSA) is 94.3 Å². The van der Waals surface area contributed by atoms with Crippen molar-refractivity contribution in [3.63, 3.8) is 0 Å². The fourth-order valence-corrected chi connectivity index (χ4v) is 1.88. The molecule has 0 fully saturated rings. The first kappa shape index (κ1) is 16.4. The first-order valence-electron chi connectivity index (χ1n) is 6.21. The number of nitrogens with two attached hydrogens (primary N) is 1. The Morgan fingerprint density at radius 2 is 2.05 bits per heavy atom. The molecule has 1 amide bonds. The zero-order valence-corrected chi connectivity index (χ0v) is 13.2. The van der Waals surface area contributed by atoms with Crippen molar-refractivity contribution in [2.24, 2.45) is 5.92 Å². The van der Waals surface area contributed by atoms with Crippen molar-refractivity contribution in [1.29, 1.82) is 0 Å². The Hall–Kier alpha value is -1.63. The fourth-order valence-electron chi connectivity index (χ4n) is 1.43. The lowest BCUT2D eigenvalue weighted by Crippen LogP contribution is -2.33. The lowest BCUT2D eigenvalue weighted by molar-refractivity contribution is -0.151. The second-order valence-corrected chi connectivity index (χ2v) is 5.51. The molecule has 1 aromatic rings. The van der Waals surface area contributed by atoms with Crippen LogP contribution in [-0.4, -0.2) is 29.5 Å². The lowest BCUT2D eigenvalue weighted by atomic mass is 10.1. The van der Waals surface area contributed by atoms with Crippen molar-refractivity contribution >= 4 is 33.6 Å². The molecule has 110 valence electrons. The Bertz CT molecular complexity index is 485. The average Bonchev–Trinajstić information content (AvgIpc) is 2.33. The summed E-state index contributed by atoms with van der Waals surface area (Å²) in [4.78, 5) is 27.4. The minimum atomic E-state index is -0.413. The summed E-state index contributed by atoms with van der Waals surface area (Å²) in [7, 11) is 0. The summed E-state index contributed by atoms with van der Waals surface area (Å²) >= 11 is 3.17. The normalized spacial score (nSPS) is 12.1. The van der Waals surface area contributed by atoms with Gasteiger partial charge in [-0.2, -0.15) is 0 Å². The second kappa shape index (κ2) is 7.23. The molecule has 20 heavy (non-hydrogen) atoms. The molecule has 1 aromatic heterocycles. The van der Waals surface area contributed by atoms with E-state index >= 15 is 0 Å². The molecule has 0 aliphatic heterocycles. The van der Waals surface area contributed by atoms with Gasteiger partial charge in [0.2, 0.25) is 0 Å². The molecule has 3 N–H and O–H groups in total. The van der Waals surface area contributed by atoms with Gasteiger partial charge in [0, 0.05) is 12.1 Å². The Balaban J connectivity index is 2.56. The monoisotopic (exact) mass is 343 g/mol. The van der Waals surface area contributed by atoms with Crippen molar-refractivity contribution in [1.82, 2.24) is 10.3 Å². The highest BCUT2D eigenvalue weighted by molar-refractivity contribution is 9.10. The molecule has 1 atom stereocenters. The number of hydrogen-bond donors (Lipinski definition) is 2. The summed E-state index contributed by atoms with van der Waals surface area (Å²) < 4.78 is 5.54. The van der Waals surface area contributed by atoms with Crippen molar-refractivity contribution in [3.05, 3.63) is 22.3 Å². The lowest BCUT2D eigenvalue weighted by Gasteiger charge is -2.14. The van der Waals surface area contributed by atoms with E-state index in [1.54, 1.807) is 26.8 Å². The Labute approximate surface area is 126 Å². The van der Waals surface area contributed by atoms with Gasteiger partial charge in [0.1, 0.15) is 10.4 Å². The number of rotatable bonds is 5. The number of carbonyl (C=O) groups excluding carboxylic acids is 2. The van der Waals surface area contributed by atoms with Crippen molar-refractivity contribution in [2.45, 2.75) is 26.9 Å². The van der Waals surface area contributed by atoms with Gasteiger partial charge in [-0.05, 0) is 41.9 Å². The number of nitrogen functional groups attached to an aromatic ring is 1. The molecule has 0 bridgehead atoms. The number of amides is 1. The maximum atomic E-state index is 11.9. The molecule has 0 aromatic carbocycles. The minimum absolute atomic E-state index is 0.170. The van der Waals surface area contributed by atoms with E-state index in [1.807, 2.05) is 0 Å². The zero-order valence-electron chi connectivity index (χ0n) is 11.6. The molecular weight excluding hydrogens is 326 g/mol. The van der Waals surface area contributed by atoms with Crippen LogP contribution < -0.4 is 11.1 Å². The summed E-state index contributed by atoms with van der Waals surface area (Å²) in [6.45, 7) is 5.45. The first-order chi connectivity index (χ1) is 9.29. The third-order valence-corrected chi connectivity index (χ3v) is 2.81. The van der Waals surface area contributed by atoms with Gasteiger partial charge in [0.25, 0.3) is 5.91 Å². The summed E-state index contributed by atoms with van der Waals surface area (Å²) in [6.07, 6.45) is -0.170. The standard InChI is InChI=1S/C13H18BrN3O3/c1-7(2)20-13(19)8(3)6-16-12(18)9-4-10(14)17-11(15)5-9/h4-5,7-8H,6H2,1-3H3,(H2,15,17)(H,16,18). The predicted molar refractivity (Wildman–Crippen MR) is 79.1 cm³/mol. The quantitative estimate of drug-likeness (QED) is 0.627. The number of ether oxygens (including phenoxy) is 1. The van der Waals surface area contributed by atoms with Crippen molar-refractivity contribution < 1.29 is 14.3 Å². The van der Waals surface area contributed by atoms with Crippen LogP contribution in [0.5, 0.6) is 0 Å². The van der Waals surface area contributed by atoms with E-state index in [2.05, 4.69) is 26.2 Å². The maximum Gasteiger partial charge on any atom is 0.310 e. The van der Waals surface area contributed by atoms with Gasteiger partial charge in [0.15, 0.2) is 0 Å².